The van der Waals surface area contributed by atoms with Crippen molar-refractivity contribution in [3.8, 4) is 5.75 Å². The van der Waals surface area contributed by atoms with Crippen molar-refractivity contribution in [2.24, 2.45) is 5.92 Å². The molecule has 174 valence electrons. The van der Waals surface area contributed by atoms with Gasteiger partial charge in [0.1, 0.15) is 0 Å². The third-order valence-corrected chi connectivity index (χ3v) is 6.82. The van der Waals surface area contributed by atoms with Crippen LogP contribution < -0.4 is 15.4 Å². The van der Waals surface area contributed by atoms with Crippen LogP contribution >= 0.6 is 0 Å². The fourth-order valence-electron chi connectivity index (χ4n) is 4.64. The summed E-state index contributed by atoms with van der Waals surface area (Å²) in [7, 11) is 0. The third kappa shape index (κ3) is 5.46. The highest BCUT2D eigenvalue weighted by Gasteiger charge is 2.34. The number of benzene rings is 1. The van der Waals surface area contributed by atoms with Gasteiger partial charge in [0.15, 0.2) is 11.6 Å². The zero-order valence-electron chi connectivity index (χ0n) is 18.6. The van der Waals surface area contributed by atoms with Crippen LogP contribution in [0.4, 0.5) is 4.39 Å². The molecule has 2 unspecified atom stereocenters. The number of imide groups is 1. The molecule has 1 aromatic rings. The number of likely N-dealkylation sites (tertiary alicyclic amines) is 1. The highest BCUT2D eigenvalue weighted by molar-refractivity contribution is 6.00. The van der Waals surface area contributed by atoms with Crippen molar-refractivity contribution >= 4 is 17.7 Å². The summed E-state index contributed by atoms with van der Waals surface area (Å²) >= 11 is 0. The third-order valence-electron chi connectivity index (χ3n) is 6.82. The molecule has 1 aromatic carbocycles. The molecule has 3 fully saturated rings. The molecule has 0 radical (unpaired) electrons. The Kier molecular flexibility index (Phi) is 7.08. The molecule has 3 atom stereocenters. The van der Waals surface area contributed by atoms with E-state index in [1.165, 1.54) is 6.07 Å². The number of hydrogen-bond donors (Lipinski definition) is 2. The Labute approximate surface area is 188 Å². The van der Waals surface area contributed by atoms with Crippen LogP contribution in [0.25, 0.3) is 0 Å². The van der Waals surface area contributed by atoms with Crippen LogP contribution in [0, 0.1) is 11.7 Å². The van der Waals surface area contributed by atoms with Gasteiger partial charge in [-0.15, -0.1) is 0 Å². The summed E-state index contributed by atoms with van der Waals surface area (Å²) in [6, 6.07) is 4.66. The Morgan fingerprint density at radius 3 is 2.84 bits per heavy atom. The van der Waals surface area contributed by atoms with Gasteiger partial charge in [-0.05, 0) is 55.7 Å². The van der Waals surface area contributed by atoms with Gasteiger partial charge in [0.05, 0.1) is 12.6 Å². The van der Waals surface area contributed by atoms with E-state index < -0.39 is 6.04 Å². The highest BCUT2D eigenvalue weighted by Crippen LogP contribution is 2.35. The van der Waals surface area contributed by atoms with E-state index >= 15 is 0 Å². The number of ether oxygens (including phenoxy) is 1. The number of nitrogens with zero attached hydrogens (tertiary/aromatic N) is 1. The maximum absolute atomic E-state index is 14.2. The number of carbonyl (C=O) groups is 3. The van der Waals surface area contributed by atoms with Crippen molar-refractivity contribution in [1.29, 1.82) is 0 Å². The number of piperidine rings is 1. The van der Waals surface area contributed by atoms with Gasteiger partial charge in [0.2, 0.25) is 17.7 Å². The lowest BCUT2D eigenvalue weighted by Gasteiger charge is -2.30. The Hall–Kier alpha value is -2.48. The van der Waals surface area contributed by atoms with Crippen LogP contribution in [-0.4, -0.2) is 54.4 Å². The number of amides is 3. The average Bonchev–Trinajstić information content (AvgIpc) is 3.47. The van der Waals surface area contributed by atoms with E-state index in [9.17, 15) is 18.8 Å². The summed E-state index contributed by atoms with van der Waals surface area (Å²) in [6.07, 6.45) is 5.20. The van der Waals surface area contributed by atoms with E-state index in [0.29, 0.717) is 50.6 Å². The summed E-state index contributed by atoms with van der Waals surface area (Å²) in [4.78, 5) is 37.9. The van der Waals surface area contributed by atoms with Gasteiger partial charge >= 0.3 is 0 Å². The maximum Gasteiger partial charge on any atom is 0.243 e. The minimum absolute atomic E-state index is 0.0477. The first-order valence-corrected chi connectivity index (χ1v) is 11.7. The molecule has 32 heavy (non-hydrogen) atoms. The van der Waals surface area contributed by atoms with Gasteiger partial charge in [0.25, 0.3) is 0 Å². The van der Waals surface area contributed by atoms with Crippen molar-refractivity contribution in [3.63, 3.8) is 0 Å². The fraction of sp³-hybridized carbons (Fsp3) is 0.625. The van der Waals surface area contributed by atoms with Crippen molar-refractivity contribution in [3.05, 3.63) is 29.6 Å². The second kappa shape index (κ2) is 9.98. The van der Waals surface area contributed by atoms with Gasteiger partial charge in [-0.1, -0.05) is 13.0 Å². The minimum Gasteiger partial charge on any atom is -0.490 e. The number of carbonyl (C=O) groups excluding carboxylic acids is 3. The monoisotopic (exact) mass is 445 g/mol. The molecule has 0 aromatic heterocycles. The summed E-state index contributed by atoms with van der Waals surface area (Å²) in [5.74, 6) is 0.0374. The molecule has 4 rings (SSSR count). The molecule has 1 aliphatic carbocycles. The zero-order valence-corrected chi connectivity index (χ0v) is 18.6. The standard InChI is InChI=1S/C24H32FN3O4/c1-15(17-6-7-18(25)21(13-17)32-14-16-4-5-16)20-3-2-12-28(20)23(30)10-11-26-19-8-9-22(29)27-24(19)31/h6-7,13,15-16,19-20,26H,2-5,8-12,14H2,1H3,(H,27,29,31)/t15-,19?,20?/m1/s1. The first kappa shape index (κ1) is 22.7. The largest absolute Gasteiger partial charge is 0.490 e. The number of nitrogens with one attached hydrogen (secondary N) is 2. The number of halogens is 1. The van der Waals surface area contributed by atoms with E-state index in [4.69, 9.17) is 4.74 Å². The average molecular weight is 446 g/mol. The van der Waals surface area contributed by atoms with Crippen molar-refractivity contribution in [2.45, 2.75) is 69.9 Å². The molecular formula is C24H32FN3O4. The lowest BCUT2D eigenvalue weighted by molar-refractivity contribution is -0.136. The predicted octanol–water partition coefficient (Wildman–Crippen LogP) is 2.49. The second-order valence-corrected chi connectivity index (χ2v) is 9.24. The quantitative estimate of drug-likeness (QED) is 0.571. The molecule has 2 saturated heterocycles. The van der Waals surface area contributed by atoms with Gasteiger partial charge < -0.3 is 15.0 Å². The molecule has 2 N–H and O–H groups in total. The Morgan fingerprint density at radius 2 is 2.09 bits per heavy atom. The molecule has 2 aliphatic heterocycles. The van der Waals surface area contributed by atoms with Gasteiger partial charge in [-0.25, -0.2) is 4.39 Å². The highest BCUT2D eigenvalue weighted by atomic mass is 19.1. The Bertz CT molecular complexity index is 873. The Morgan fingerprint density at radius 1 is 1.28 bits per heavy atom. The normalized spacial score (nSPS) is 24.4. The van der Waals surface area contributed by atoms with Gasteiger partial charge in [-0.3, -0.25) is 19.7 Å². The smallest absolute Gasteiger partial charge is 0.243 e. The van der Waals surface area contributed by atoms with Crippen LogP contribution in [-0.2, 0) is 14.4 Å². The lowest BCUT2D eigenvalue weighted by Crippen LogP contribution is -2.51. The van der Waals surface area contributed by atoms with E-state index in [1.54, 1.807) is 12.1 Å². The predicted molar refractivity (Wildman–Crippen MR) is 117 cm³/mol. The molecule has 7 nitrogen and oxygen atoms in total. The molecular weight excluding hydrogens is 413 g/mol. The van der Waals surface area contributed by atoms with Crippen LogP contribution in [0.5, 0.6) is 5.75 Å². The molecule has 0 bridgehead atoms. The van der Waals surface area contributed by atoms with Crippen molar-refractivity contribution < 1.29 is 23.5 Å². The van der Waals surface area contributed by atoms with E-state index in [1.807, 2.05) is 4.90 Å². The Balaban J connectivity index is 1.32. The van der Waals surface area contributed by atoms with Crippen LogP contribution in [0.15, 0.2) is 18.2 Å². The van der Waals surface area contributed by atoms with Crippen LogP contribution in [0.2, 0.25) is 0 Å². The molecule has 0 spiro atoms. The summed E-state index contributed by atoms with van der Waals surface area (Å²) < 4.78 is 19.9. The van der Waals surface area contributed by atoms with Gasteiger partial charge in [-0.2, -0.15) is 0 Å². The first-order valence-electron chi connectivity index (χ1n) is 11.7. The van der Waals surface area contributed by atoms with Gasteiger partial charge in [0, 0.05) is 37.9 Å². The number of rotatable bonds is 9. The van der Waals surface area contributed by atoms with Crippen molar-refractivity contribution in [1.82, 2.24) is 15.5 Å². The second-order valence-electron chi connectivity index (χ2n) is 9.24. The molecule has 3 amide bonds. The molecule has 2 heterocycles. The zero-order chi connectivity index (χ0) is 22.7. The fourth-order valence-corrected chi connectivity index (χ4v) is 4.64. The SMILES string of the molecule is C[C@H](c1ccc(F)c(OCC2CC2)c1)C1CCCN1C(=O)CCNC1CCC(=O)NC1=O. The summed E-state index contributed by atoms with van der Waals surface area (Å²) in [6.45, 7) is 3.73. The minimum atomic E-state index is -0.429. The van der Waals surface area contributed by atoms with Crippen LogP contribution in [0.3, 0.4) is 0 Å². The first-order chi connectivity index (χ1) is 15.4. The van der Waals surface area contributed by atoms with E-state index in [-0.39, 0.29) is 35.5 Å². The van der Waals surface area contributed by atoms with Crippen molar-refractivity contribution in [2.75, 3.05) is 19.7 Å². The maximum atomic E-state index is 14.2. The lowest BCUT2D eigenvalue weighted by atomic mass is 9.91. The topological polar surface area (TPSA) is 87.7 Å². The molecule has 8 heteroatoms. The van der Waals surface area contributed by atoms with E-state index in [0.717, 1.165) is 31.2 Å². The summed E-state index contributed by atoms with van der Waals surface area (Å²) in [5.41, 5.74) is 0.976. The van der Waals surface area contributed by atoms with Crippen LogP contribution in [0.1, 0.15) is 63.4 Å². The number of hydrogen-bond acceptors (Lipinski definition) is 5. The molecule has 3 aliphatic rings. The van der Waals surface area contributed by atoms with E-state index in [2.05, 4.69) is 17.6 Å². The summed E-state index contributed by atoms with van der Waals surface area (Å²) in [5, 5.41) is 5.41. The molecule has 1 saturated carbocycles.